The lowest BCUT2D eigenvalue weighted by atomic mass is 9.48. The summed E-state index contributed by atoms with van der Waals surface area (Å²) in [6.45, 7) is 0. The standard InChI is InChI=1S/C14H24O3S/c1-18(16,17)3-2-13(15)14-7-10-4-11(8-14)6-12(5-10)9-14/h10-13,15H,2-9H2,1H3. The van der Waals surface area contributed by atoms with E-state index in [2.05, 4.69) is 0 Å². The second kappa shape index (κ2) is 4.20. The number of hydrogen-bond donors (Lipinski definition) is 1. The Bertz CT molecular complexity index is 391. The molecule has 0 aliphatic heterocycles. The fourth-order valence-electron chi connectivity index (χ4n) is 5.22. The SMILES string of the molecule is CS(=O)(=O)CCC(O)C12CC3CC(CC(C3)C1)C2. The highest BCUT2D eigenvalue weighted by atomic mass is 32.2. The molecule has 4 heteroatoms. The van der Waals surface area contributed by atoms with Gasteiger partial charge in [0.05, 0.1) is 11.9 Å². The van der Waals surface area contributed by atoms with Crippen LogP contribution in [0.5, 0.6) is 0 Å². The predicted molar refractivity (Wildman–Crippen MR) is 70.9 cm³/mol. The minimum absolute atomic E-state index is 0.0689. The van der Waals surface area contributed by atoms with Gasteiger partial charge in [0.15, 0.2) is 0 Å². The van der Waals surface area contributed by atoms with Crippen LogP contribution in [-0.4, -0.2) is 31.6 Å². The Morgan fingerprint density at radius 3 is 1.94 bits per heavy atom. The third kappa shape index (κ3) is 2.34. The van der Waals surface area contributed by atoms with Gasteiger partial charge in [0.1, 0.15) is 9.84 Å². The van der Waals surface area contributed by atoms with Crippen LogP contribution in [0.1, 0.15) is 44.9 Å². The lowest BCUT2D eigenvalue weighted by Crippen LogP contribution is -2.52. The van der Waals surface area contributed by atoms with Crippen LogP contribution in [0.25, 0.3) is 0 Å². The van der Waals surface area contributed by atoms with Gasteiger partial charge in [-0.15, -0.1) is 0 Å². The Balaban J connectivity index is 1.71. The monoisotopic (exact) mass is 272 g/mol. The molecule has 3 nitrogen and oxygen atoms in total. The normalized spacial score (nSPS) is 44.2. The molecule has 4 fully saturated rings. The van der Waals surface area contributed by atoms with Crippen LogP contribution in [0.4, 0.5) is 0 Å². The van der Waals surface area contributed by atoms with Crippen LogP contribution in [0.3, 0.4) is 0 Å². The molecule has 18 heavy (non-hydrogen) atoms. The average Bonchev–Trinajstić information content (AvgIpc) is 2.22. The molecule has 4 aliphatic rings. The molecule has 4 saturated carbocycles. The van der Waals surface area contributed by atoms with E-state index in [-0.39, 0.29) is 11.2 Å². The number of rotatable bonds is 4. The topological polar surface area (TPSA) is 54.4 Å². The largest absolute Gasteiger partial charge is 0.393 e. The molecule has 4 rings (SSSR count). The Morgan fingerprint density at radius 2 is 1.56 bits per heavy atom. The second-order valence-electron chi connectivity index (χ2n) is 7.21. The molecule has 1 N–H and O–H groups in total. The molecule has 0 spiro atoms. The Labute approximate surface area is 110 Å². The van der Waals surface area contributed by atoms with Crippen molar-refractivity contribution in [3.63, 3.8) is 0 Å². The molecule has 0 aromatic heterocycles. The summed E-state index contributed by atoms with van der Waals surface area (Å²) < 4.78 is 22.5. The summed E-state index contributed by atoms with van der Waals surface area (Å²) >= 11 is 0. The fraction of sp³-hybridized carbons (Fsp3) is 1.00. The van der Waals surface area contributed by atoms with E-state index in [0.717, 1.165) is 37.0 Å². The van der Waals surface area contributed by atoms with Gasteiger partial charge < -0.3 is 5.11 Å². The molecule has 104 valence electrons. The Kier molecular flexibility index (Phi) is 3.02. The van der Waals surface area contributed by atoms with Gasteiger partial charge in [0.2, 0.25) is 0 Å². The van der Waals surface area contributed by atoms with Gasteiger partial charge in [0.25, 0.3) is 0 Å². The summed E-state index contributed by atoms with van der Waals surface area (Å²) in [6, 6.07) is 0. The first-order valence-electron chi connectivity index (χ1n) is 7.22. The van der Waals surface area contributed by atoms with Gasteiger partial charge in [-0.3, -0.25) is 0 Å². The zero-order valence-electron chi connectivity index (χ0n) is 11.1. The maximum atomic E-state index is 11.3. The third-order valence-corrected chi connectivity index (χ3v) is 6.53. The first-order chi connectivity index (χ1) is 8.36. The van der Waals surface area contributed by atoms with Gasteiger partial charge in [-0.2, -0.15) is 0 Å². The van der Waals surface area contributed by atoms with Crippen molar-refractivity contribution in [1.82, 2.24) is 0 Å². The number of aliphatic hydroxyl groups is 1. The molecule has 0 aromatic carbocycles. The van der Waals surface area contributed by atoms with E-state index in [9.17, 15) is 13.5 Å². The highest BCUT2D eigenvalue weighted by Gasteiger charge is 2.53. The highest BCUT2D eigenvalue weighted by molar-refractivity contribution is 7.90. The molecule has 4 bridgehead atoms. The summed E-state index contributed by atoms with van der Waals surface area (Å²) in [6.07, 6.45) is 8.80. The predicted octanol–water partition coefficient (Wildman–Crippen LogP) is 2.00. The fourth-order valence-corrected chi connectivity index (χ4v) is 5.87. The Hall–Kier alpha value is -0.0900. The minimum atomic E-state index is -2.95. The van der Waals surface area contributed by atoms with E-state index in [4.69, 9.17) is 0 Å². The van der Waals surface area contributed by atoms with E-state index in [1.807, 2.05) is 0 Å². The van der Waals surface area contributed by atoms with Gasteiger partial charge in [-0.1, -0.05) is 0 Å². The molecular formula is C14H24O3S. The number of hydrogen-bond acceptors (Lipinski definition) is 3. The first kappa shape index (κ1) is 12.9. The minimum Gasteiger partial charge on any atom is -0.393 e. The molecule has 0 aromatic rings. The Morgan fingerprint density at radius 1 is 1.11 bits per heavy atom. The molecule has 1 atom stereocenters. The first-order valence-corrected chi connectivity index (χ1v) is 9.28. The zero-order chi connectivity index (χ0) is 13.0. The van der Waals surface area contributed by atoms with E-state index < -0.39 is 15.9 Å². The van der Waals surface area contributed by atoms with Crippen molar-refractivity contribution in [1.29, 1.82) is 0 Å². The maximum absolute atomic E-state index is 11.3. The maximum Gasteiger partial charge on any atom is 0.147 e. The van der Waals surface area contributed by atoms with Crippen molar-refractivity contribution >= 4 is 9.84 Å². The summed E-state index contributed by atoms with van der Waals surface area (Å²) in [4.78, 5) is 0. The number of aliphatic hydroxyl groups excluding tert-OH is 1. The molecule has 4 aliphatic carbocycles. The van der Waals surface area contributed by atoms with Crippen LogP contribution >= 0.6 is 0 Å². The van der Waals surface area contributed by atoms with Gasteiger partial charge in [-0.25, -0.2) is 8.42 Å². The average molecular weight is 272 g/mol. The van der Waals surface area contributed by atoms with Crippen molar-refractivity contribution < 1.29 is 13.5 Å². The van der Waals surface area contributed by atoms with E-state index in [1.165, 1.54) is 25.5 Å². The summed E-state index contributed by atoms with van der Waals surface area (Å²) in [5.41, 5.74) is 0.0689. The summed E-state index contributed by atoms with van der Waals surface area (Å²) in [5.74, 6) is 2.56. The summed E-state index contributed by atoms with van der Waals surface area (Å²) in [5, 5.41) is 10.5. The lowest BCUT2D eigenvalue weighted by molar-refractivity contribution is -0.120. The van der Waals surface area contributed by atoms with Crippen molar-refractivity contribution in [3.8, 4) is 0 Å². The highest BCUT2D eigenvalue weighted by Crippen LogP contribution is 2.61. The third-order valence-electron chi connectivity index (χ3n) is 5.55. The van der Waals surface area contributed by atoms with Gasteiger partial charge in [-0.05, 0) is 68.1 Å². The molecule has 0 radical (unpaired) electrons. The molecule has 1 unspecified atom stereocenters. The second-order valence-corrected chi connectivity index (χ2v) is 9.47. The lowest BCUT2D eigenvalue weighted by Gasteiger charge is -2.58. The smallest absolute Gasteiger partial charge is 0.147 e. The van der Waals surface area contributed by atoms with E-state index >= 15 is 0 Å². The summed E-state index contributed by atoms with van der Waals surface area (Å²) in [7, 11) is -2.95. The van der Waals surface area contributed by atoms with Crippen molar-refractivity contribution in [2.45, 2.75) is 51.0 Å². The molecule has 0 heterocycles. The quantitative estimate of drug-likeness (QED) is 0.851. The van der Waals surface area contributed by atoms with E-state index in [1.54, 1.807) is 0 Å². The van der Waals surface area contributed by atoms with Gasteiger partial charge in [0, 0.05) is 6.26 Å². The number of sulfone groups is 1. The van der Waals surface area contributed by atoms with Crippen molar-refractivity contribution in [3.05, 3.63) is 0 Å². The van der Waals surface area contributed by atoms with Crippen molar-refractivity contribution in [2.24, 2.45) is 23.2 Å². The van der Waals surface area contributed by atoms with Crippen LogP contribution in [-0.2, 0) is 9.84 Å². The zero-order valence-corrected chi connectivity index (χ0v) is 12.0. The van der Waals surface area contributed by atoms with Gasteiger partial charge >= 0.3 is 0 Å². The van der Waals surface area contributed by atoms with E-state index in [0.29, 0.717) is 6.42 Å². The van der Waals surface area contributed by atoms with Crippen LogP contribution < -0.4 is 0 Å². The van der Waals surface area contributed by atoms with Crippen LogP contribution in [0.15, 0.2) is 0 Å². The van der Waals surface area contributed by atoms with Crippen molar-refractivity contribution in [2.75, 3.05) is 12.0 Å². The van der Waals surface area contributed by atoms with Crippen LogP contribution in [0, 0.1) is 23.2 Å². The molecule has 0 saturated heterocycles. The molecular weight excluding hydrogens is 248 g/mol. The van der Waals surface area contributed by atoms with Crippen LogP contribution in [0.2, 0.25) is 0 Å². The molecule has 0 amide bonds.